The molecule has 0 amide bonds. The maximum Gasteiger partial charge on any atom is 0.176 e. The molecule has 0 N–H and O–H groups in total. The van der Waals surface area contributed by atoms with Crippen molar-refractivity contribution in [1.82, 2.24) is 0 Å². The molecule has 1 unspecified atom stereocenters. The van der Waals surface area contributed by atoms with Gasteiger partial charge >= 0.3 is 0 Å². The third-order valence-electron chi connectivity index (χ3n) is 12.8. The average Bonchev–Trinajstić information content (AvgIpc) is 3.16. The average molecular weight is 856 g/mol. The Morgan fingerprint density at radius 1 is 0.327 bits per heavy atom. The van der Waals surface area contributed by atoms with Gasteiger partial charge in [0.15, 0.2) is 8.07 Å². The van der Waals surface area contributed by atoms with Gasteiger partial charge in [0.25, 0.3) is 0 Å². The van der Waals surface area contributed by atoms with Crippen molar-refractivity contribution in [2.45, 2.75) is 166 Å². The highest BCUT2D eigenvalue weighted by atomic mass is 28.3. The first-order valence-electron chi connectivity index (χ1n) is 21.4. The molecule has 7 heteroatoms. The Morgan fingerprint density at radius 2 is 0.564 bits per heavy atom. The molecule has 0 bridgehead atoms. The molecule has 55 heavy (non-hydrogen) atoms. The smallest absolute Gasteiger partial charge is 0.0656 e. The van der Waals surface area contributed by atoms with Crippen LogP contribution in [0.15, 0.2) is 58.3 Å². The third kappa shape index (κ3) is 8.42. The summed E-state index contributed by atoms with van der Waals surface area (Å²) < 4.78 is 0. The topological polar surface area (TPSA) is 0 Å². The van der Waals surface area contributed by atoms with E-state index in [1.54, 1.807) is 47.8 Å². The molecule has 0 radical (unpaired) electrons. The second kappa shape index (κ2) is 14.7. The van der Waals surface area contributed by atoms with Crippen molar-refractivity contribution in [3.63, 3.8) is 0 Å². The molecule has 302 valence electrons. The highest BCUT2D eigenvalue weighted by Crippen LogP contribution is 2.41. The summed E-state index contributed by atoms with van der Waals surface area (Å²) in [5.41, 5.74) is 9.15. The fraction of sp³-hybridized carbons (Fsp3) is 0.542. The fourth-order valence-electron chi connectivity index (χ4n) is 10.3. The van der Waals surface area contributed by atoms with Gasteiger partial charge in [-0.3, -0.25) is 0 Å². The lowest BCUT2D eigenvalue weighted by Gasteiger charge is -2.48. The Bertz CT molecular complexity index is 1870. The molecule has 1 aliphatic carbocycles. The molecule has 0 aliphatic heterocycles. The molecule has 3 aromatic rings. The van der Waals surface area contributed by atoms with Gasteiger partial charge in [-0.1, -0.05) is 225 Å². The van der Waals surface area contributed by atoms with Crippen molar-refractivity contribution in [3.8, 4) is 0 Å². The lowest BCUT2D eigenvalue weighted by atomic mass is 10.1. The molecule has 1 atom stereocenters. The second-order valence-corrected chi connectivity index (χ2v) is 57.8. The van der Waals surface area contributed by atoms with Gasteiger partial charge in [-0.2, -0.15) is 0 Å². The summed E-state index contributed by atoms with van der Waals surface area (Å²) in [6.07, 6.45) is 0. The van der Waals surface area contributed by atoms with Gasteiger partial charge in [0, 0.05) is 0 Å². The number of benzene rings is 3. The summed E-state index contributed by atoms with van der Waals surface area (Å²) in [7, 11) is -14.2. The van der Waals surface area contributed by atoms with E-state index in [9.17, 15) is 0 Å². The maximum atomic E-state index is 2.81. The third-order valence-corrected chi connectivity index (χ3v) is 31.6. The van der Waals surface area contributed by atoms with Crippen molar-refractivity contribution in [2.24, 2.45) is 5.92 Å². The quantitative estimate of drug-likeness (QED) is 0.141. The van der Waals surface area contributed by atoms with Crippen LogP contribution in [0.3, 0.4) is 0 Å². The first-order valence-corrected chi connectivity index (χ1v) is 44.4. The predicted octanol–water partition coefficient (Wildman–Crippen LogP) is 9.20. The van der Waals surface area contributed by atoms with Gasteiger partial charge in [-0.05, 0) is 68.6 Å². The SMILES string of the molecule is CC1=C(C)C(C)C([Si](c2cc(C)cc([Si](C)(C)C)c2[Si](C)(C)C)(c2cc(C)cc([Si](C)(C)C)c2[Si](C)(C)C)c2cc(C)cc([Si](C)(C)C)c2[Si](C)(C)C)=C1C. The maximum absolute atomic E-state index is 3.08. The summed E-state index contributed by atoms with van der Waals surface area (Å²) in [4.78, 5) is 0. The minimum absolute atomic E-state index is 0.396. The highest BCUT2D eigenvalue weighted by Gasteiger charge is 2.55. The Hall–Kier alpha value is -1.34. The molecule has 0 fully saturated rings. The normalized spacial score (nSPS) is 16.9. The van der Waals surface area contributed by atoms with Crippen LogP contribution < -0.4 is 46.7 Å². The fourth-order valence-corrected chi connectivity index (χ4v) is 38.6. The van der Waals surface area contributed by atoms with Crippen LogP contribution in [0, 0.1) is 26.7 Å². The lowest BCUT2D eigenvalue weighted by molar-refractivity contribution is 0.852. The van der Waals surface area contributed by atoms with Gasteiger partial charge in [0.2, 0.25) is 0 Å². The van der Waals surface area contributed by atoms with Crippen LogP contribution in [0.25, 0.3) is 0 Å². The number of allylic oxidation sites excluding steroid dienone is 4. The molecule has 0 saturated carbocycles. The van der Waals surface area contributed by atoms with Crippen LogP contribution in [0.5, 0.6) is 0 Å². The zero-order valence-electron chi connectivity index (χ0n) is 40.5. The van der Waals surface area contributed by atoms with Gasteiger partial charge in [-0.15, -0.1) is 0 Å². The number of hydrogen-bond acceptors (Lipinski definition) is 0. The summed E-state index contributed by atoms with van der Waals surface area (Å²) in [5.74, 6) is 0.396. The number of aryl methyl sites for hydroxylation is 3. The summed E-state index contributed by atoms with van der Waals surface area (Å²) >= 11 is 0. The monoisotopic (exact) mass is 854 g/mol. The largest absolute Gasteiger partial charge is 0.176 e. The molecule has 0 nitrogen and oxygen atoms in total. The van der Waals surface area contributed by atoms with Crippen LogP contribution in [0.2, 0.25) is 118 Å². The first kappa shape index (κ1) is 46.3. The molecule has 4 rings (SSSR count). The van der Waals surface area contributed by atoms with Crippen molar-refractivity contribution in [3.05, 3.63) is 75.0 Å². The zero-order valence-corrected chi connectivity index (χ0v) is 47.5. The Morgan fingerprint density at radius 3 is 0.745 bits per heavy atom. The molecule has 3 aromatic carbocycles. The molecular weight excluding hydrogens is 773 g/mol. The molecular formula is C48H82Si7. The first-order chi connectivity index (χ1) is 24.5. The van der Waals surface area contributed by atoms with Crippen molar-refractivity contribution in [2.75, 3.05) is 0 Å². The highest BCUT2D eigenvalue weighted by molar-refractivity contribution is 7.24. The summed E-state index contributed by atoms with van der Waals surface area (Å²) in [6.45, 7) is 65.3. The zero-order chi connectivity index (χ0) is 42.6. The molecule has 0 aromatic heterocycles. The van der Waals surface area contributed by atoms with Crippen molar-refractivity contribution >= 4 is 103 Å². The Kier molecular flexibility index (Phi) is 12.4. The van der Waals surface area contributed by atoms with E-state index >= 15 is 0 Å². The van der Waals surface area contributed by atoms with E-state index in [1.165, 1.54) is 16.7 Å². The van der Waals surface area contributed by atoms with E-state index in [0.717, 1.165) is 0 Å². The van der Waals surface area contributed by atoms with E-state index < -0.39 is 56.5 Å². The van der Waals surface area contributed by atoms with E-state index in [1.807, 2.05) is 20.8 Å². The van der Waals surface area contributed by atoms with Crippen molar-refractivity contribution in [1.29, 1.82) is 0 Å². The van der Waals surface area contributed by atoms with E-state index in [0.29, 0.717) is 5.92 Å². The van der Waals surface area contributed by atoms with Crippen LogP contribution in [0.4, 0.5) is 0 Å². The van der Waals surface area contributed by atoms with E-state index in [2.05, 4.69) is 203 Å². The van der Waals surface area contributed by atoms with Gasteiger partial charge in [0.05, 0.1) is 48.4 Å². The summed E-state index contributed by atoms with van der Waals surface area (Å²) in [5, 5.41) is 17.8. The molecule has 0 spiro atoms. The second-order valence-electron chi connectivity index (χ2n) is 24.0. The standard InChI is InChI=1S/C48H82Si7/c1-32-26-39(49(8,9)10)46(52(17,18)19)42(29-32)55(45-37(6)35(4)36(5)38(45)7,43-30-33(2)27-40(50(11,12)13)47(43)53(20,21)22)44-31-34(3)28-41(51(14,15)16)48(44)54(23,24)25/h26-31,37H,1-25H3. The lowest BCUT2D eigenvalue weighted by Crippen LogP contribution is -2.85. The van der Waals surface area contributed by atoms with Crippen molar-refractivity contribution < 1.29 is 0 Å². The van der Waals surface area contributed by atoms with Gasteiger partial charge in [0.1, 0.15) is 0 Å². The van der Waals surface area contributed by atoms with Crippen LogP contribution in [-0.4, -0.2) is 56.5 Å². The number of hydrogen-bond donors (Lipinski definition) is 0. The van der Waals surface area contributed by atoms with Crippen LogP contribution in [0.1, 0.15) is 44.4 Å². The van der Waals surface area contributed by atoms with E-state index in [4.69, 9.17) is 0 Å². The van der Waals surface area contributed by atoms with Gasteiger partial charge in [-0.25, -0.2) is 0 Å². The Labute approximate surface area is 348 Å². The number of rotatable bonds is 10. The summed E-state index contributed by atoms with van der Waals surface area (Å²) in [6, 6.07) is 16.5. The van der Waals surface area contributed by atoms with Gasteiger partial charge < -0.3 is 0 Å². The van der Waals surface area contributed by atoms with Crippen LogP contribution in [-0.2, 0) is 0 Å². The molecule has 1 aliphatic rings. The minimum Gasteiger partial charge on any atom is -0.0656 e. The minimum atomic E-state index is -3.08. The Balaban J connectivity index is 2.77. The van der Waals surface area contributed by atoms with Crippen LogP contribution >= 0.6 is 0 Å². The molecule has 0 saturated heterocycles. The van der Waals surface area contributed by atoms with E-state index in [-0.39, 0.29) is 0 Å². The molecule has 0 heterocycles. The predicted molar refractivity (Wildman–Crippen MR) is 276 cm³/mol.